The molecule has 2 aromatic rings. The smallest absolute Gasteiger partial charge is 0.256 e. The van der Waals surface area contributed by atoms with Crippen LogP contribution < -0.4 is 0 Å². The first-order valence-electron chi connectivity index (χ1n) is 4.78. The van der Waals surface area contributed by atoms with Crippen molar-refractivity contribution in [1.82, 2.24) is 14.5 Å². The van der Waals surface area contributed by atoms with Gasteiger partial charge in [-0.1, -0.05) is 0 Å². The average Bonchev–Trinajstić information content (AvgIpc) is 2.56. The Balaban J connectivity index is 2.60. The highest BCUT2D eigenvalue weighted by Gasteiger charge is 2.14. The summed E-state index contributed by atoms with van der Waals surface area (Å²) in [6, 6.07) is 3.55. The molecule has 0 atom stereocenters. The molecule has 0 aliphatic heterocycles. The van der Waals surface area contributed by atoms with Crippen molar-refractivity contribution in [2.45, 2.75) is 25.8 Å². The highest BCUT2D eigenvalue weighted by atomic mass is 35.5. The third-order valence-corrected chi connectivity index (χ3v) is 2.49. The normalized spacial score (nSPS) is 11.6. The highest BCUT2D eigenvalue weighted by Crippen LogP contribution is 2.17. The molecule has 0 aromatic carbocycles. The molecule has 0 unspecified atom stereocenters. The summed E-state index contributed by atoms with van der Waals surface area (Å²) in [6.07, 6.45) is -2.44. The molecule has 2 aromatic heterocycles. The summed E-state index contributed by atoms with van der Waals surface area (Å²) in [5, 5.41) is 0. The van der Waals surface area contributed by atoms with Crippen LogP contribution in [-0.2, 0) is 12.4 Å². The van der Waals surface area contributed by atoms with Gasteiger partial charge in [0.05, 0.1) is 12.4 Å². The molecule has 2 rings (SSSR count). The van der Waals surface area contributed by atoms with Crippen molar-refractivity contribution in [2.75, 3.05) is 0 Å². The molecule has 0 spiro atoms. The predicted octanol–water partition coefficient (Wildman–Crippen LogP) is 2.74. The molecular formula is C10H10ClF2N3. The Labute approximate surface area is 96.1 Å². The second kappa shape index (κ2) is 4.33. The van der Waals surface area contributed by atoms with Crippen LogP contribution in [0.5, 0.6) is 0 Å². The van der Waals surface area contributed by atoms with Gasteiger partial charge < -0.3 is 4.57 Å². The van der Waals surface area contributed by atoms with Crippen molar-refractivity contribution in [3.05, 3.63) is 23.7 Å². The van der Waals surface area contributed by atoms with Gasteiger partial charge in [-0.3, -0.25) is 0 Å². The number of aryl methyl sites for hydroxylation is 1. The number of halogens is 3. The number of nitrogens with zero attached hydrogens (tertiary/aromatic N) is 3. The van der Waals surface area contributed by atoms with Crippen molar-refractivity contribution in [2.24, 2.45) is 0 Å². The van der Waals surface area contributed by atoms with Crippen molar-refractivity contribution < 1.29 is 8.78 Å². The number of aromatic nitrogens is 3. The molecule has 0 saturated carbocycles. The van der Waals surface area contributed by atoms with Gasteiger partial charge in [0.1, 0.15) is 11.3 Å². The Morgan fingerprint density at radius 3 is 2.75 bits per heavy atom. The molecule has 2 heterocycles. The Kier molecular flexibility index (Phi) is 3.05. The van der Waals surface area contributed by atoms with E-state index in [-0.39, 0.29) is 5.88 Å². The summed E-state index contributed by atoms with van der Waals surface area (Å²) >= 11 is 5.67. The number of rotatable bonds is 3. The molecule has 0 saturated heterocycles. The monoisotopic (exact) mass is 245 g/mol. The zero-order valence-electron chi connectivity index (χ0n) is 8.62. The lowest BCUT2D eigenvalue weighted by Gasteiger charge is -2.05. The second-order valence-electron chi connectivity index (χ2n) is 3.46. The predicted molar refractivity (Wildman–Crippen MR) is 57.8 cm³/mol. The van der Waals surface area contributed by atoms with Crippen LogP contribution in [0.15, 0.2) is 12.1 Å². The van der Waals surface area contributed by atoms with Gasteiger partial charge in [0, 0.05) is 5.69 Å². The maximum absolute atomic E-state index is 12.4. The molecule has 0 amide bonds. The van der Waals surface area contributed by atoms with Crippen LogP contribution in [0.25, 0.3) is 11.2 Å². The van der Waals surface area contributed by atoms with Gasteiger partial charge in [-0.05, 0) is 19.1 Å². The lowest BCUT2D eigenvalue weighted by molar-refractivity contribution is 0.127. The van der Waals surface area contributed by atoms with Crippen LogP contribution in [0.1, 0.15) is 11.5 Å². The maximum Gasteiger partial charge on any atom is 0.256 e. The average molecular weight is 246 g/mol. The topological polar surface area (TPSA) is 30.7 Å². The van der Waals surface area contributed by atoms with Crippen molar-refractivity contribution in [3.63, 3.8) is 0 Å². The van der Waals surface area contributed by atoms with Gasteiger partial charge in [-0.2, -0.15) is 0 Å². The molecule has 0 aliphatic rings. The Morgan fingerprint density at radius 1 is 1.38 bits per heavy atom. The molecule has 0 fully saturated rings. The van der Waals surface area contributed by atoms with Gasteiger partial charge in [0.15, 0.2) is 5.65 Å². The van der Waals surface area contributed by atoms with E-state index in [4.69, 9.17) is 11.6 Å². The number of imidazole rings is 1. The van der Waals surface area contributed by atoms with Crippen LogP contribution in [-0.4, -0.2) is 21.0 Å². The number of pyridine rings is 1. The lowest BCUT2D eigenvalue weighted by atomic mass is 10.3. The third-order valence-electron chi connectivity index (χ3n) is 2.25. The van der Waals surface area contributed by atoms with E-state index in [0.717, 1.165) is 5.69 Å². The van der Waals surface area contributed by atoms with E-state index < -0.39 is 13.0 Å². The molecule has 0 bridgehead atoms. The molecule has 0 aliphatic carbocycles. The van der Waals surface area contributed by atoms with Crippen molar-refractivity contribution in [3.8, 4) is 0 Å². The van der Waals surface area contributed by atoms with E-state index in [1.807, 2.05) is 0 Å². The van der Waals surface area contributed by atoms with Gasteiger partial charge in [-0.25, -0.2) is 18.7 Å². The molecule has 3 nitrogen and oxygen atoms in total. The zero-order valence-corrected chi connectivity index (χ0v) is 9.38. The summed E-state index contributed by atoms with van der Waals surface area (Å²) in [7, 11) is 0. The quantitative estimate of drug-likeness (QED) is 0.779. The summed E-state index contributed by atoms with van der Waals surface area (Å²) in [4.78, 5) is 8.37. The summed E-state index contributed by atoms with van der Waals surface area (Å²) in [5.41, 5.74) is 1.84. The second-order valence-corrected chi connectivity index (χ2v) is 3.73. The van der Waals surface area contributed by atoms with E-state index in [9.17, 15) is 8.78 Å². The van der Waals surface area contributed by atoms with Gasteiger partial charge in [-0.15, -0.1) is 11.6 Å². The van der Waals surface area contributed by atoms with E-state index in [2.05, 4.69) is 9.97 Å². The first-order chi connectivity index (χ1) is 7.61. The largest absolute Gasteiger partial charge is 0.306 e. The van der Waals surface area contributed by atoms with Gasteiger partial charge in [0.2, 0.25) is 0 Å². The van der Waals surface area contributed by atoms with E-state index in [1.54, 1.807) is 19.1 Å². The van der Waals surface area contributed by atoms with Crippen LogP contribution in [0.4, 0.5) is 8.78 Å². The maximum atomic E-state index is 12.4. The van der Waals surface area contributed by atoms with Gasteiger partial charge in [0.25, 0.3) is 6.43 Å². The zero-order chi connectivity index (χ0) is 11.7. The number of fused-ring (bicyclic) bond motifs is 1. The van der Waals surface area contributed by atoms with Crippen LogP contribution in [0.3, 0.4) is 0 Å². The number of hydrogen-bond acceptors (Lipinski definition) is 2. The SMILES string of the molecule is Cc1ccc2nc(CCl)n(CC(F)F)c2n1. The first-order valence-corrected chi connectivity index (χ1v) is 5.32. The minimum atomic E-state index is -2.44. The Bertz CT molecular complexity index is 510. The van der Waals surface area contributed by atoms with E-state index >= 15 is 0 Å². The minimum absolute atomic E-state index is 0.0993. The fraction of sp³-hybridized carbons (Fsp3) is 0.400. The third kappa shape index (κ3) is 2.00. The Morgan fingerprint density at radius 2 is 2.12 bits per heavy atom. The molecule has 0 N–H and O–H groups in total. The highest BCUT2D eigenvalue weighted by molar-refractivity contribution is 6.16. The molecule has 86 valence electrons. The van der Waals surface area contributed by atoms with Crippen LogP contribution in [0, 0.1) is 6.92 Å². The molecule has 16 heavy (non-hydrogen) atoms. The molecular weight excluding hydrogens is 236 g/mol. The van der Waals surface area contributed by atoms with Crippen LogP contribution in [0.2, 0.25) is 0 Å². The fourth-order valence-corrected chi connectivity index (χ4v) is 1.78. The van der Waals surface area contributed by atoms with Crippen LogP contribution >= 0.6 is 11.6 Å². The molecule has 0 radical (unpaired) electrons. The summed E-state index contributed by atoms with van der Waals surface area (Å²) in [5.74, 6) is 0.525. The number of hydrogen-bond donors (Lipinski definition) is 0. The van der Waals surface area contributed by atoms with Crippen molar-refractivity contribution >= 4 is 22.8 Å². The summed E-state index contributed by atoms with van der Waals surface area (Å²) in [6.45, 7) is 1.38. The van der Waals surface area contributed by atoms with E-state index in [0.29, 0.717) is 17.0 Å². The van der Waals surface area contributed by atoms with Crippen molar-refractivity contribution in [1.29, 1.82) is 0 Å². The van der Waals surface area contributed by atoms with Gasteiger partial charge >= 0.3 is 0 Å². The lowest BCUT2D eigenvalue weighted by Crippen LogP contribution is -2.10. The van der Waals surface area contributed by atoms with E-state index in [1.165, 1.54) is 4.57 Å². The Hall–Kier alpha value is -1.23. The minimum Gasteiger partial charge on any atom is -0.306 e. The molecule has 6 heteroatoms. The first kappa shape index (κ1) is 11.3. The summed E-state index contributed by atoms with van der Waals surface area (Å²) < 4.78 is 26.2. The standard InChI is InChI=1S/C10H10ClF2N3/c1-6-2-3-7-10(14-6)16(5-8(12)13)9(4-11)15-7/h2-3,8H,4-5H2,1H3. The number of alkyl halides is 3. The fourth-order valence-electron chi connectivity index (χ4n) is 1.58.